The second kappa shape index (κ2) is 3.21. The van der Waals surface area contributed by atoms with E-state index < -0.39 is 0 Å². The summed E-state index contributed by atoms with van der Waals surface area (Å²) in [6, 6.07) is -0.104. The van der Waals surface area contributed by atoms with Gasteiger partial charge in [0.1, 0.15) is 0 Å². The number of carbonyl (C=O) groups excluding carboxylic acids is 2. The molecule has 0 aromatic carbocycles. The van der Waals surface area contributed by atoms with Crippen LogP contribution in [0.1, 0.15) is 20.7 Å². The molecule has 1 aromatic rings. The third kappa shape index (κ3) is 1.27. The van der Waals surface area contributed by atoms with Gasteiger partial charge in [-0.2, -0.15) is 11.3 Å². The summed E-state index contributed by atoms with van der Waals surface area (Å²) < 4.78 is 0. The van der Waals surface area contributed by atoms with Crippen LogP contribution in [0.15, 0.2) is 21.7 Å². The molecule has 1 N–H and O–H groups in total. The maximum Gasteiger partial charge on any atom is 0.253 e. The highest BCUT2D eigenvalue weighted by molar-refractivity contribution is 8.02. The average Bonchev–Trinajstić information content (AvgIpc) is 2.82. The highest BCUT2D eigenvalue weighted by Crippen LogP contribution is 2.30. The molecule has 2 aliphatic heterocycles. The van der Waals surface area contributed by atoms with Gasteiger partial charge in [0.15, 0.2) is 5.78 Å². The van der Waals surface area contributed by atoms with Crippen LogP contribution in [0, 0.1) is 0 Å². The molecule has 0 saturated heterocycles. The van der Waals surface area contributed by atoms with Crippen molar-refractivity contribution < 1.29 is 9.59 Å². The summed E-state index contributed by atoms with van der Waals surface area (Å²) in [6.07, 6.45) is 0. The van der Waals surface area contributed by atoms with E-state index >= 15 is 0 Å². The Kier molecular flexibility index (Phi) is 1.97. The molecule has 1 unspecified atom stereocenters. The first-order valence-corrected chi connectivity index (χ1v) is 6.50. The highest BCUT2D eigenvalue weighted by Gasteiger charge is 2.34. The Hall–Kier alpha value is -1.07. The zero-order valence-corrected chi connectivity index (χ0v) is 9.28. The summed E-state index contributed by atoms with van der Waals surface area (Å²) in [7, 11) is 0. The van der Waals surface area contributed by atoms with E-state index in [-0.39, 0.29) is 17.7 Å². The maximum absolute atomic E-state index is 12.1. The number of fused-ring (bicyclic) bond motifs is 2. The number of nitrogens with one attached hydrogen (secondary N) is 1. The molecule has 5 heteroatoms. The van der Waals surface area contributed by atoms with E-state index in [0.29, 0.717) is 11.1 Å². The summed E-state index contributed by atoms with van der Waals surface area (Å²) in [5.74, 6) is 0.635. The van der Waals surface area contributed by atoms with Crippen LogP contribution in [-0.2, 0) is 0 Å². The number of rotatable bonds is 0. The fourth-order valence-corrected chi connectivity index (χ4v) is 3.59. The number of thiophene rings is 1. The lowest BCUT2D eigenvalue weighted by Crippen LogP contribution is -2.35. The van der Waals surface area contributed by atoms with Crippen molar-refractivity contribution in [1.82, 2.24) is 5.32 Å². The SMILES string of the molecule is O=C1NC2CSC=C2C(=O)c2cscc21. The number of hydrogen-bond acceptors (Lipinski definition) is 4. The lowest BCUT2D eigenvalue weighted by atomic mass is 10.0. The molecule has 1 aromatic heterocycles. The van der Waals surface area contributed by atoms with Gasteiger partial charge in [0, 0.05) is 27.6 Å². The normalized spacial score (nSPS) is 24.0. The van der Waals surface area contributed by atoms with Gasteiger partial charge in [-0.25, -0.2) is 0 Å². The van der Waals surface area contributed by atoms with Crippen LogP contribution >= 0.6 is 23.1 Å². The first-order valence-electron chi connectivity index (χ1n) is 4.51. The summed E-state index contributed by atoms with van der Waals surface area (Å²) in [6.45, 7) is 0. The summed E-state index contributed by atoms with van der Waals surface area (Å²) in [5, 5.41) is 8.22. The Morgan fingerprint density at radius 2 is 2.07 bits per heavy atom. The number of hydrogen-bond donors (Lipinski definition) is 1. The molecule has 0 bridgehead atoms. The van der Waals surface area contributed by atoms with Crippen molar-refractivity contribution in [3.8, 4) is 0 Å². The molecule has 0 radical (unpaired) electrons. The smallest absolute Gasteiger partial charge is 0.253 e. The van der Waals surface area contributed by atoms with Gasteiger partial charge in [-0.15, -0.1) is 11.8 Å². The Morgan fingerprint density at radius 1 is 1.27 bits per heavy atom. The third-order valence-corrected chi connectivity index (χ3v) is 4.26. The van der Waals surface area contributed by atoms with Gasteiger partial charge in [0.05, 0.1) is 11.6 Å². The Balaban J connectivity index is 2.18. The van der Waals surface area contributed by atoms with Gasteiger partial charge in [-0.05, 0) is 5.41 Å². The number of amides is 1. The molecule has 15 heavy (non-hydrogen) atoms. The van der Waals surface area contributed by atoms with E-state index in [4.69, 9.17) is 0 Å². The quantitative estimate of drug-likeness (QED) is 0.746. The summed E-state index contributed by atoms with van der Waals surface area (Å²) in [4.78, 5) is 23.8. The second-order valence-corrected chi connectivity index (χ2v) is 5.11. The van der Waals surface area contributed by atoms with Crippen molar-refractivity contribution in [3.63, 3.8) is 0 Å². The standard InChI is InChI=1S/C10H7NO2S2/c12-9-5-1-14-2-6(5)10(13)11-8-4-15-3-7(8)9/h1-3,8H,4H2,(H,11,13). The van der Waals surface area contributed by atoms with Crippen molar-refractivity contribution in [2.24, 2.45) is 0 Å². The largest absolute Gasteiger partial charge is 0.344 e. The minimum atomic E-state index is -0.129. The molecule has 1 atom stereocenters. The Labute approximate surface area is 94.6 Å². The van der Waals surface area contributed by atoms with E-state index in [0.717, 1.165) is 11.3 Å². The lowest BCUT2D eigenvalue weighted by molar-refractivity contribution is 0.0948. The van der Waals surface area contributed by atoms with Crippen molar-refractivity contribution in [3.05, 3.63) is 32.9 Å². The van der Waals surface area contributed by atoms with Crippen LogP contribution in [0.2, 0.25) is 0 Å². The number of carbonyl (C=O) groups is 2. The number of Topliss-reactive ketones (excluding diaryl/α,β-unsaturated/α-hetero) is 1. The summed E-state index contributed by atoms with van der Waals surface area (Å²) in [5.41, 5.74) is 1.80. The van der Waals surface area contributed by atoms with Gasteiger partial charge < -0.3 is 5.32 Å². The van der Waals surface area contributed by atoms with Gasteiger partial charge in [0.2, 0.25) is 0 Å². The average molecular weight is 237 g/mol. The van der Waals surface area contributed by atoms with E-state index in [1.165, 1.54) is 11.3 Å². The van der Waals surface area contributed by atoms with Crippen LogP contribution in [0.3, 0.4) is 0 Å². The van der Waals surface area contributed by atoms with Crippen molar-refractivity contribution >= 4 is 34.8 Å². The molecule has 3 nitrogen and oxygen atoms in total. The van der Waals surface area contributed by atoms with Gasteiger partial charge in [-0.1, -0.05) is 0 Å². The molecule has 0 aliphatic carbocycles. The number of ketones is 1. The Bertz CT molecular complexity index is 489. The van der Waals surface area contributed by atoms with Gasteiger partial charge >= 0.3 is 0 Å². The summed E-state index contributed by atoms with van der Waals surface area (Å²) >= 11 is 2.97. The number of thioether (sulfide) groups is 1. The van der Waals surface area contributed by atoms with E-state index in [1.807, 2.05) is 5.41 Å². The minimum Gasteiger partial charge on any atom is -0.344 e. The van der Waals surface area contributed by atoms with Crippen LogP contribution in [0.25, 0.3) is 0 Å². The van der Waals surface area contributed by atoms with Gasteiger partial charge in [-0.3, -0.25) is 9.59 Å². The zero-order valence-electron chi connectivity index (χ0n) is 7.65. The van der Waals surface area contributed by atoms with E-state index in [2.05, 4.69) is 5.32 Å². The van der Waals surface area contributed by atoms with Crippen LogP contribution < -0.4 is 5.32 Å². The molecule has 1 amide bonds. The first kappa shape index (κ1) is 9.18. The fourth-order valence-electron chi connectivity index (χ4n) is 1.78. The maximum atomic E-state index is 12.1. The lowest BCUT2D eigenvalue weighted by Gasteiger charge is -2.10. The molecule has 3 heterocycles. The molecular weight excluding hydrogens is 230 g/mol. The van der Waals surface area contributed by atoms with Crippen LogP contribution in [-0.4, -0.2) is 23.5 Å². The van der Waals surface area contributed by atoms with Crippen molar-refractivity contribution in [2.75, 3.05) is 5.75 Å². The predicted octanol–water partition coefficient (Wildman–Crippen LogP) is 1.67. The third-order valence-electron chi connectivity index (χ3n) is 2.57. The molecular formula is C10H7NO2S2. The minimum absolute atomic E-state index is 0.000370. The molecule has 0 spiro atoms. The molecule has 0 saturated carbocycles. The fraction of sp³-hybridized carbons (Fsp3) is 0.200. The first-order chi connectivity index (χ1) is 7.27. The van der Waals surface area contributed by atoms with Crippen molar-refractivity contribution in [1.29, 1.82) is 0 Å². The monoisotopic (exact) mass is 237 g/mol. The molecule has 2 aliphatic rings. The zero-order chi connectivity index (χ0) is 10.4. The topological polar surface area (TPSA) is 46.2 Å². The molecule has 3 rings (SSSR count). The molecule has 76 valence electrons. The van der Waals surface area contributed by atoms with Crippen LogP contribution in [0.4, 0.5) is 0 Å². The van der Waals surface area contributed by atoms with Crippen LogP contribution in [0.5, 0.6) is 0 Å². The highest BCUT2D eigenvalue weighted by atomic mass is 32.2. The van der Waals surface area contributed by atoms with Crippen molar-refractivity contribution in [2.45, 2.75) is 6.04 Å². The molecule has 0 fully saturated rings. The predicted molar refractivity (Wildman–Crippen MR) is 60.4 cm³/mol. The van der Waals surface area contributed by atoms with Gasteiger partial charge in [0.25, 0.3) is 5.91 Å². The van der Waals surface area contributed by atoms with E-state index in [9.17, 15) is 9.59 Å². The second-order valence-electron chi connectivity index (χ2n) is 3.46. The Morgan fingerprint density at radius 3 is 2.93 bits per heavy atom. The van der Waals surface area contributed by atoms with E-state index in [1.54, 1.807) is 22.5 Å².